The molecule has 0 aromatic carbocycles. The third kappa shape index (κ3) is 4.38. The van der Waals surface area contributed by atoms with Crippen LogP contribution in [-0.4, -0.2) is 66.7 Å². The quantitative estimate of drug-likeness (QED) is 0.761. The standard InChI is InChI=1S/C21H34N4O3S/c1-15-6-9-21(10-7-15,24(2)3)14-22-20(26)18-12-19(16-4-5-16)25(23-18)17-8-11-29(27,28)13-17/h12,15-17H,4-11,13-14H2,1-3H3,(H,22,26)/t15?,17-,21?/m1/s1. The van der Waals surface area contributed by atoms with Gasteiger partial charge in [-0.3, -0.25) is 9.48 Å². The minimum atomic E-state index is -2.99. The van der Waals surface area contributed by atoms with E-state index in [9.17, 15) is 13.2 Å². The molecule has 2 aliphatic carbocycles. The van der Waals surface area contributed by atoms with Crippen molar-refractivity contribution in [1.82, 2.24) is 20.0 Å². The van der Waals surface area contributed by atoms with Crippen LogP contribution in [0.1, 0.15) is 80.0 Å². The first kappa shape index (κ1) is 20.8. The molecule has 8 heteroatoms. The Labute approximate surface area is 174 Å². The molecule has 1 aromatic heterocycles. The fourth-order valence-corrected chi connectivity index (χ4v) is 6.57. The number of aromatic nitrogens is 2. The van der Waals surface area contributed by atoms with E-state index in [1.165, 1.54) is 12.8 Å². The molecule has 1 N–H and O–H groups in total. The average Bonchev–Trinajstić information content (AvgIpc) is 3.32. The molecule has 0 bridgehead atoms. The Morgan fingerprint density at radius 3 is 2.48 bits per heavy atom. The van der Waals surface area contributed by atoms with Crippen LogP contribution in [0.4, 0.5) is 0 Å². The maximum atomic E-state index is 12.9. The van der Waals surface area contributed by atoms with Gasteiger partial charge < -0.3 is 10.2 Å². The lowest BCUT2D eigenvalue weighted by molar-refractivity contribution is 0.0717. The Bertz CT molecular complexity index is 864. The van der Waals surface area contributed by atoms with Gasteiger partial charge in [0, 0.05) is 23.7 Å². The zero-order chi connectivity index (χ0) is 20.8. The number of hydrogen-bond acceptors (Lipinski definition) is 5. The van der Waals surface area contributed by atoms with Gasteiger partial charge in [0.1, 0.15) is 5.69 Å². The Hall–Kier alpha value is -1.41. The zero-order valence-electron chi connectivity index (χ0n) is 17.9. The second kappa shape index (κ2) is 7.69. The second-order valence-corrected chi connectivity index (χ2v) is 11.9. The molecule has 7 nitrogen and oxygen atoms in total. The fraction of sp³-hybridized carbons (Fsp3) is 0.810. The van der Waals surface area contributed by atoms with Crippen LogP contribution in [0, 0.1) is 5.92 Å². The highest BCUT2D eigenvalue weighted by atomic mass is 32.2. The highest BCUT2D eigenvalue weighted by molar-refractivity contribution is 7.91. The number of hydrogen-bond donors (Lipinski definition) is 1. The summed E-state index contributed by atoms with van der Waals surface area (Å²) >= 11 is 0. The lowest BCUT2D eigenvalue weighted by atomic mass is 9.76. The Kier molecular flexibility index (Phi) is 5.53. The van der Waals surface area contributed by atoms with Crippen molar-refractivity contribution >= 4 is 15.7 Å². The summed E-state index contributed by atoms with van der Waals surface area (Å²) in [7, 11) is 1.21. The summed E-state index contributed by atoms with van der Waals surface area (Å²) in [6.07, 6.45) is 7.32. The third-order valence-corrected chi connectivity index (χ3v) is 9.03. The van der Waals surface area contributed by atoms with E-state index in [0.717, 1.165) is 37.3 Å². The van der Waals surface area contributed by atoms with Crippen molar-refractivity contribution in [2.75, 3.05) is 32.1 Å². The molecule has 162 valence electrons. The van der Waals surface area contributed by atoms with Crippen LogP contribution in [0.15, 0.2) is 6.07 Å². The summed E-state index contributed by atoms with van der Waals surface area (Å²) < 4.78 is 25.7. The number of rotatable bonds is 6. The largest absolute Gasteiger partial charge is 0.349 e. The van der Waals surface area contributed by atoms with Gasteiger partial charge in [-0.1, -0.05) is 6.92 Å². The van der Waals surface area contributed by atoms with Crippen LogP contribution in [0.2, 0.25) is 0 Å². The van der Waals surface area contributed by atoms with E-state index in [1.807, 2.05) is 10.7 Å². The van der Waals surface area contributed by atoms with Gasteiger partial charge in [-0.2, -0.15) is 5.10 Å². The number of carbonyl (C=O) groups is 1. The van der Waals surface area contributed by atoms with Crippen molar-refractivity contribution in [3.63, 3.8) is 0 Å². The van der Waals surface area contributed by atoms with Crippen LogP contribution in [-0.2, 0) is 9.84 Å². The van der Waals surface area contributed by atoms with Gasteiger partial charge in [0.15, 0.2) is 9.84 Å². The predicted molar refractivity (Wildman–Crippen MR) is 113 cm³/mol. The molecule has 1 aliphatic heterocycles. The van der Waals surface area contributed by atoms with Gasteiger partial charge in [0.05, 0.1) is 17.5 Å². The van der Waals surface area contributed by atoms with Crippen LogP contribution in [0.3, 0.4) is 0 Å². The number of nitrogens with zero attached hydrogens (tertiary/aromatic N) is 3. The van der Waals surface area contributed by atoms with Crippen LogP contribution in [0.5, 0.6) is 0 Å². The Morgan fingerprint density at radius 1 is 1.24 bits per heavy atom. The maximum Gasteiger partial charge on any atom is 0.271 e. The van der Waals surface area contributed by atoms with Gasteiger partial charge in [0.25, 0.3) is 5.91 Å². The second-order valence-electron chi connectivity index (χ2n) is 9.71. The molecule has 1 atom stereocenters. The topological polar surface area (TPSA) is 84.3 Å². The number of likely N-dealkylation sites (N-methyl/N-ethyl adjacent to an activating group) is 1. The predicted octanol–water partition coefficient (Wildman–Crippen LogP) is 2.36. The van der Waals surface area contributed by atoms with E-state index < -0.39 is 9.84 Å². The Balaban J connectivity index is 1.48. The maximum absolute atomic E-state index is 12.9. The monoisotopic (exact) mass is 422 g/mol. The molecule has 2 saturated carbocycles. The van der Waals surface area contributed by atoms with Crippen molar-refractivity contribution in [2.24, 2.45) is 5.92 Å². The van der Waals surface area contributed by atoms with Gasteiger partial charge >= 0.3 is 0 Å². The van der Waals surface area contributed by atoms with Crippen molar-refractivity contribution in [3.05, 3.63) is 17.5 Å². The number of carbonyl (C=O) groups excluding carboxylic acids is 1. The molecule has 0 spiro atoms. The van der Waals surface area contributed by atoms with E-state index in [1.54, 1.807) is 0 Å². The summed E-state index contributed by atoms with van der Waals surface area (Å²) in [5, 5.41) is 7.73. The van der Waals surface area contributed by atoms with Crippen molar-refractivity contribution in [1.29, 1.82) is 0 Å². The lowest BCUT2D eigenvalue weighted by Crippen LogP contribution is -2.54. The van der Waals surface area contributed by atoms with E-state index in [-0.39, 0.29) is 29.0 Å². The lowest BCUT2D eigenvalue weighted by Gasteiger charge is -2.44. The van der Waals surface area contributed by atoms with Gasteiger partial charge in [-0.25, -0.2) is 8.42 Å². The van der Waals surface area contributed by atoms with E-state index in [2.05, 4.69) is 36.3 Å². The van der Waals surface area contributed by atoms with Crippen molar-refractivity contribution in [3.8, 4) is 0 Å². The molecule has 0 radical (unpaired) electrons. The summed E-state index contributed by atoms with van der Waals surface area (Å²) in [5.74, 6) is 1.37. The van der Waals surface area contributed by atoms with Crippen molar-refractivity contribution in [2.45, 2.75) is 69.4 Å². The number of nitrogens with one attached hydrogen (secondary N) is 1. The molecule has 1 saturated heterocycles. The SMILES string of the molecule is CC1CCC(CNC(=O)c2cc(C3CC3)n([C@@H]3CCS(=O)(=O)C3)n2)(N(C)C)CC1. The minimum absolute atomic E-state index is 0.00356. The van der Waals surface area contributed by atoms with Gasteiger partial charge in [0.2, 0.25) is 0 Å². The first-order chi connectivity index (χ1) is 13.7. The van der Waals surface area contributed by atoms with Gasteiger partial charge in [-0.15, -0.1) is 0 Å². The number of amides is 1. The molecule has 4 rings (SSSR count). The zero-order valence-corrected chi connectivity index (χ0v) is 18.7. The summed E-state index contributed by atoms with van der Waals surface area (Å²) in [4.78, 5) is 15.2. The summed E-state index contributed by atoms with van der Waals surface area (Å²) in [6, 6.07) is 1.76. The fourth-order valence-electron chi connectivity index (χ4n) is 4.88. The molecule has 2 heterocycles. The molecule has 1 amide bonds. The van der Waals surface area contributed by atoms with Gasteiger partial charge in [-0.05, 0) is 71.0 Å². The van der Waals surface area contributed by atoms with E-state index in [0.29, 0.717) is 24.6 Å². The van der Waals surface area contributed by atoms with Crippen LogP contribution in [0.25, 0.3) is 0 Å². The Morgan fingerprint density at radius 2 is 1.93 bits per heavy atom. The van der Waals surface area contributed by atoms with Crippen molar-refractivity contribution < 1.29 is 13.2 Å². The van der Waals surface area contributed by atoms with Crippen LogP contribution < -0.4 is 5.32 Å². The first-order valence-electron chi connectivity index (χ1n) is 10.9. The normalized spacial score (nSPS) is 31.9. The highest BCUT2D eigenvalue weighted by Crippen LogP contribution is 2.42. The smallest absolute Gasteiger partial charge is 0.271 e. The molecule has 3 aliphatic rings. The minimum Gasteiger partial charge on any atom is -0.349 e. The molecular weight excluding hydrogens is 388 g/mol. The highest BCUT2D eigenvalue weighted by Gasteiger charge is 2.38. The van der Waals surface area contributed by atoms with E-state index in [4.69, 9.17) is 0 Å². The average molecular weight is 423 g/mol. The van der Waals surface area contributed by atoms with Crippen LogP contribution >= 0.6 is 0 Å². The molecule has 3 fully saturated rings. The number of sulfone groups is 1. The molecule has 0 unspecified atom stereocenters. The third-order valence-electron chi connectivity index (χ3n) is 7.28. The first-order valence-corrected chi connectivity index (χ1v) is 12.8. The molecule has 1 aromatic rings. The van der Waals surface area contributed by atoms with E-state index >= 15 is 0 Å². The molecular formula is C21H34N4O3S. The summed E-state index contributed by atoms with van der Waals surface area (Å²) in [5.41, 5.74) is 1.46. The molecule has 29 heavy (non-hydrogen) atoms. The summed E-state index contributed by atoms with van der Waals surface area (Å²) in [6.45, 7) is 2.92.